The number of epoxide rings is 1. The van der Waals surface area contributed by atoms with Crippen LogP contribution in [0.3, 0.4) is 0 Å². The van der Waals surface area contributed by atoms with Gasteiger partial charge < -0.3 is 9.47 Å². The first-order valence-electron chi connectivity index (χ1n) is 4.12. The van der Waals surface area contributed by atoms with E-state index in [0.717, 1.165) is 19.3 Å². The summed E-state index contributed by atoms with van der Waals surface area (Å²) in [4.78, 5) is 10.7. The molecule has 0 bridgehead atoms. The minimum atomic E-state index is -0.556. The van der Waals surface area contributed by atoms with Crippen molar-refractivity contribution >= 4 is 5.97 Å². The lowest BCUT2D eigenvalue weighted by atomic mass is 9.98. The third-order valence-electron chi connectivity index (χ3n) is 2.35. The van der Waals surface area contributed by atoms with Gasteiger partial charge in [-0.2, -0.15) is 0 Å². The van der Waals surface area contributed by atoms with Crippen LogP contribution < -0.4 is 0 Å². The van der Waals surface area contributed by atoms with Crippen molar-refractivity contribution in [3.8, 4) is 12.3 Å². The third kappa shape index (κ3) is 1.44. The Morgan fingerprint density at radius 3 is 3.00 bits per heavy atom. The van der Waals surface area contributed by atoms with Crippen LogP contribution in [0.4, 0.5) is 0 Å². The lowest BCUT2D eigenvalue weighted by molar-refractivity contribution is -0.142. The van der Waals surface area contributed by atoms with Crippen molar-refractivity contribution in [2.24, 2.45) is 0 Å². The van der Waals surface area contributed by atoms with E-state index in [4.69, 9.17) is 15.9 Å². The molecule has 3 atom stereocenters. The largest absolute Gasteiger partial charge is 0.453 e. The standard InChI is InChI=1S/C9H10O3/c1-2-9(10)11-6-3-4-7-8(5-6)12-7/h1,6-8H,3-5H2. The Labute approximate surface area is 71.0 Å². The molecule has 0 spiro atoms. The summed E-state index contributed by atoms with van der Waals surface area (Å²) in [5.74, 6) is 1.38. The molecule has 1 saturated carbocycles. The SMILES string of the molecule is C#CC(=O)OC1CCC2OC2C1. The van der Waals surface area contributed by atoms with Gasteiger partial charge in [0.2, 0.25) is 0 Å². The minimum absolute atomic E-state index is 0.0164. The average Bonchev–Trinajstić information content (AvgIpc) is 2.82. The maximum absolute atomic E-state index is 10.7. The van der Waals surface area contributed by atoms with E-state index in [2.05, 4.69) is 0 Å². The molecule has 0 aromatic rings. The first kappa shape index (κ1) is 7.63. The van der Waals surface area contributed by atoms with E-state index in [1.807, 2.05) is 5.92 Å². The van der Waals surface area contributed by atoms with Gasteiger partial charge in [0.05, 0.1) is 12.2 Å². The molecule has 3 unspecified atom stereocenters. The van der Waals surface area contributed by atoms with Crippen molar-refractivity contribution < 1.29 is 14.3 Å². The summed E-state index contributed by atoms with van der Waals surface area (Å²) in [5.41, 5.74) is 0. The average molecular weight is 166 g/mol. The molecule has 12 heavy (non-hydrogen) atoms. The number of carbonyl (C=O) groups excluding carboxylic acids is 1. The van der Waals surface area contributed by atoms with E-state index >= 15 is 0 Å². The Morgan fingerprint density at radius 2 is 2.33 bits per heavy atom. The molecule has 2 aliphatic rings. The summed E-state index contributed by atoms with van der Waals surface area (Å²) < 4.78 is 10.3. The fraction of sp³-hybridized carbons (Fsp3) is 0.667. The number of esters is 1. The molecular weight excluding hydrogens is 156 g/mol. The van der Waals surface area contributed by atoms with E-state index in [0.29, 0.717) is 12.2 Å². The van der Waals surface area contributed by atoms with E-state index in [1.54, 1.807) is 0 Å². The van der Waals surface area contributed by atoms with Crippen molar-refractivity contribution in [2.75, 3.05) is 0 Å². The van der Waals surface area contributed by atoms with Crippen LogP contribution in [0.25, 0.3) is 0 Å². The van der Waals surface area contributed by atoms with Crippen LogP contribution >= 0.6 is 0 Å². The highest BCUT2D eigenvalue weighted by Gasteiger charge is 2.44. The topological polar surface area (TPSA) is 38.8 Å². The summed E-state index contributed by atoms with van der Waals surface area (Å²) in [6.45, 7) is 0. The van der Waals surface area contributed by atoms with E-state index < -0.39 is 5.97 Å². The summed E-state index contributed by atoms with van der Waals surface area (Å²) >= 11 is 0. The monoisotopic (exact) mass is 166 g/mol. The van der Waals surface area contributed by atoms with Gasteiger partial charge in [-0.1, -0.05) is 0 Å². The van der Waals surface area contributed by atoms with Gasteiger partial charge in [0.1, 0.15) is 6.10 Å². The molecule has 1 aliphatic heterocycles. The number of terminal acetylenes is 1. The van der Waals surface area contributed by atoms with E-state index in [-0.39, 0.29) is 6.10 Å². The Balaban J connectivity index is 1.81. The van der Waals surface area contributed by atoms with E-state index in [1.165, 1.54) is 0 Å². The minimum Gasteiger partial charge on any atom is -0.453 e. The molecule has 1 heterocycles. The number of hydrogen-bond acceptors (Lipinski definition) is 3. The van der Waals surface area contributed by atoms with Crippen molar-refractivity contribution in [1.82, 2.24) is 0 Å². The quantitative estimate of drug-likeness (QED) is 0.246. The maximum Gasteiger partial charge on any atom is 0.384 e. The molecule has 1 aliphatic carbocycles. The highest BCUT2D eigenvalue weighted by molar-refractivity contribution is 5.87. The summed E-state index contributed by atoms with van der Waals surface area (Å²) in [7, 11) is 0. The van der Waals surface area contributed by atoms with Crippen molar-refractivity contribution in [3.63, 3.8) is 0 Å². The Morgan fingerprint density at radius 1 is 1.50 bits per heavy atom. The highest BCUT2D eigenvalue weighted by Crippen LogP contribution is 2.37. The lowest BCUT2D eigenvalue weighted by Gasteiger charge is -2.17. The molecule has 1 saturated heterocycles. The predicted octanol–water partition coefficient (Wildman–Crippen LogP) is 0.483. The zero-order valence-electron chi connectivity index (χ0n) is 6.66. The van der Waals surface area contributed by atoms with Gasteiger partial charge in [-0.15, -0.1) is 6.42 Å². The normalized spacial score (nSPS) is 37.8. The lowest BCUT2D eigenvalue weighted by Crippen LogP contribution is -2.23. The fourth-order valence-electron chi connectivity index (χ4n) is 1.66. The third-order valence-corrected chi connectivity index (χ3v) is 2.35. The van der Waals surface area contributed by atoms with Gasteiger partial charge in [0.15, 0.2) is 0 Å². The number of ether oxygens (including phenoxy) is 2. The molecule has 2 rings (SSSR count). The molecule has 3 nitrogen and oxygen atoms in total. The van der Waals surface area contributed by atoms with Crippen molar-refractivity contribution in [3.05, 3.63) is 0 Å². The molecule has 0 amide bonds. The van der Waals surface area contributed by atoms with Crippen LogP contribution in [0.5, 0.6) is 0 Å². The van der Waals surface area contributed by atoms with Crippen molar-refractivity contribution in [2.45, 2.75) is 37.6 Å². The zero-order valence-corrected chi connectivity index (χ0v) is 6.66. The Kier molecular flexibility index (Phi) is 1.78. The zero-order chi connectivity index (χ0) is 8.55. The fourth-order valence-corrected chi connectivity index (χ4v) is 1.66. The summed E-state index contributed by atoms with van der Waals surface area (Å²) in [5, 5.41) is 0. The first-order valence-corrected chi connectivity index (χ1v) is 4.12. The van der Waals surface area contributed by atoms with Gasteiger partial charge in [-0.3, -0.25) is 0 Å². The number of carbonyl (C=O) groups is 1. The van der Waals surface area contributed by atoms with Crippen LogP contribution in [-0.2, 0) is 14.3 Å². The van der Waals surface area contributed by atoms with Crippen LogP contribution in [0, 0.1) is 12.3 Å². The number of hydrogen-bond donors (Lipinski definition) is 0. The second-order valence-electron chi connectivity index (χ2n) is 3.20. The smallest absolute Gasteiger partial charge is 0.384 e. The van der Waals surface area contributed by atoms with Crippen molar-refractivity contribution in [1.29, 1.82) is 0 Å². The molecule has 0 aromatic carbocycles. The highest BCUT2D eigenvalue weighted by atomic mass is 16.6. The second-order valence-corrected chi connectivity index (χ2v) is 3.20. The maximum atomic E-state index is 10.7. The molecule has 2 fully saturated rings. The molecule has 3 heteroatoms. The van der Waals surface area contributed by atoms with Gasteiger partial charge in [0.25, 0.3) is 0 Å². The molecule has 0 radical (unpaired) electrons. The molecule has 64 valence electrons. The molecule has 0 N–H and O–H groups in total. The van der Waals surface area contributed by atoms with Gasteiger partial charge >= 0.3 is 5.97 Å². The van der Waals surface area contributed by atoms with Crippen LogP contribution in [0.1, 0.15) is 19.3 Å². The van der Waals surface area contributed by atoms with Gasteiger partial charge in [-0.05, 0) is 12.8 Å². The van der Waals surface area contributed by atoms with Gasteiger partial charge in [-0.25, -0.2) is 4.79 Å². The number of rotatable bonds is 1. The second kappa shape index (κ2) is 2.80. The van der Waals surface area contributed by atoms with E-state index in [9.17, 15) is 4.79 Å². The van der Waals surface area contributed by atoms with Crippen LogP contribution in [-0.4, -0.2) is 24.3 Å². The molecular formula is C9H10O3. The van der Waals surface area contributed by atoms with Gasteiger partial charge in [0, 0.05) is 12.3 Å². The Hall–Kier alpha value is -1.01. The predicted molar refractivity (Wildman–Crippen MR) is 41.2 cm³/mol. The Bertz CT molecular complexity index is 241. The first-order chi connectivity index (χ1) is 5.79. The summed E-state index contributed by atoms with van der Waals surface area (Å²) in [6, 6.07) is 0. The molecule has 0 aromatic heterocycles. The van der Waals surface area contributed by atoms with Crippen LogP contribution in [0.15, 0.2) is 0 Å². The summed E-state index contributed by atoms with van der Waals surface area (Å²) in [6.07, 6.45) is 8.32. The van der Waals surface area contributed by atoms with Crippen LogP contribution in [0.2, 0.25) is 0 Å². The number of fused-ring (bicyclic) bond motifs is 1.